The summed E-state index contributed by atoms with van der Waals surface area (Å²) in [6.07, 6.45) is 1.49. The Kier molecular flexibility index (Phi) is 9.08. The number of carbonyl (C=O) groups excluding carboxylic acids is 2. The molecule has 2 amide bonds. The van der Waals surface area contributed by atoms with Gasteiger partial charge in [0.15, 0.2) is 0 Å². The van der Waals surface area contributed by atoms with Crippen LogP contribution in [0.25, 0.3) is 5.31 Å². The summed E-state index contributed by atoms with van der Waals surface area (Å²) in [5, 5.41) is 6.98. The molecule has 9 heteroatoms. The lowest BCUT2D eigenvalue weighted by Crippen LogP contribution is -2.35. The van der Waals surface area contributed by atoms with Gasteiger partial charge in [-0.3, -0.25) is 14.2 Å². The fourth-order valence-corrected chi connectivity index (χ4v) is 6.02. The standard InChI is InChI=1S/C27H30N5O3P/c1-31(2)36(35,32(3)4)25(22-16-10-6-11-17-22)24(29-26(33)23-18-12-7-13-19-23)27(34)30-28-20-21-14-8-5-9-15-21/h5-20H,1-4H3,(H,29,33)(H,30,34)/b25-24+,28-20-. The molecule has 0 unspecified atom stereocenters. The highest BCUT2D eigenvalue weighted by Gasteiger charge is 2.38. The Morgan fingerprint density at radius 2 is 1.22 bits per heavy atom. The lowest BCUT2D eigenvalue weighted by Gasteiger charge is -2.34. The average molecular weight is 504 g/mol. The van der Waals surface area contributed by atoms with E-state index in [9.17, 15) is 14.2 Å². The largest absolute Gasteiger partial charge is 0.317 e. The first-order chi connectivity index (χ1) is 17.2. The maximum atomic E-state index is 14.5. The average Bonchev–Trinajstić information content (AvgIpc) is 2.89. The predicted molar refractivity (Wildman–Crippen MR) is 144 cm³/mol. The van der Waals surface area contributed by atoms with Gasteiger partial charge < -0.3 is 5.32 Å². The zero-order valence-corrected chi connectivity index (χ0v) is 21.6. The minimum atomic E-state index is -3.52. The highest BCUT2D eigenvalue weighted by Crippen LogP contribution is 2.62. The van der Waals surface area contributed by atoms with Gasteiger partial charge in [0.05, 0.1) is 11.5 Å². The van der Waals surface area contributed by atoms with Crippen molar-refractivity contribution in [2.75, 3.05) is 28.2 Å². The van der Waals surface area contributed by atoms with Crippen LogP contribution in [0.1, 0.15) is 21.5 Å². The van der Waals surface area contributed by atoms with Crippen molar-refractivity contribution in [2.45, 2.75) is 0 Å². The number of nitrogens with zero attached hydrogens (tertiary/aromatic N) is 3. The quantitative estimate of drug-likeness (QED) is 0.197. The molecule has 0 fully saturated rings. The number of benzene rings is 3. The second kappa shape index (κ2) is 12.2. The van der Waals surface area contributed by atoms with Gasteiger partial charge in [-0.05, 0) is 51.5 Å². The van der Waals surface area contributed by atoms with E-state index < -0.39 is 19.3 Å². The van der Waals surface area contributed by atoms with Gasteiger partial charge in [-0.15, -0.1) is 0 Å². The maximum Gasteiger partial charge on any atom is 0.288 e. The lowest BCUT2D eigenvalue weighted by atomic mass is 10.1. The van der Waals surface area contributed by atoms with Crippen LogP contribution in [0.4, 0.5) is 0 Å². The van der Waals surface area contributed by atoms with Crippen LogP contribution in [0.15, 0.2) is 102 Å². The van der Waals surface area contributed by atoms with Crippen LogP contribution in [-0.2, 0) is 9.36 Å². The van der Waals surface area contributed by atoms with E-state index in [1.54, 1.807) is 92.1 Å². The summed E-state index contributed by atoms with van der Waals surface area (Å²) in [5.41, 5.74) is 4.02. The van der Waals surface area contributed by atoms with Crippen LogP contribution < -0.4 is 10.7 Å². The summed E-state index contributed by atoms with van der Waals surface area (Å²) in [4.78, 5) is 26.7. The topological polar surface area (TPSA) is 94.1 Å². The molecule has 8 nitrogen and oxygen atoms in total. The summed E-state index contributed by atoms with van der Waals surface area (Å²) in [7, 11) is 3.17. The first kappa shape index (κ1) is 26.8. The summed E-state index contributed by atoms with van der Waals surface area (Å²) in [6.45, 7) is 0. The molecular formula is C27H30N5O3P. The van der Waals surface area contributed by atoms with Crippen LogP contribution in [-0.4, -0.2) is 55.6 Å². The fourth-order valence-electron chi connectivity index (χ4n) is 3.57. The van der Waals surface area contributed by atoms with Crippen LogP contribution in [0, 0.1) is 0 Å². The number of amides is 2. The number of nitrogens with one attached hydrogen (secondary N) is 2. The third kappa shape index (κ3) is 6.23. The molecule has 0 aliphatic rings. The van der Waals surface area contributed by atoms with Gasteiger partial charge in [-0.1, -0.05) is 78.9 Å². The number of hydrogen-bond donors (Lipinski definition) is 2. The molecule has 3 rings (SSSR count). The normalized spacial score (nSPS) is 12.5. The molecule has 0 aliphatic heterocycles. The molecule has 0 saturated carbocycles. The summed E-state index contributed by atoms with van der Waals surface area (Å²) in [5.74, 6) is -1.21. The first-order valence-electron chi connectivity index (χ1n) is 11.3. The van der Waals surface area contributed by atoms with Crippen molar-refractivity contribution in [1.82, 2.24) is 20.1 Å². The van der Waals surface area contributed by atoms with Gasteiger partial charge in [0.1, 0.15) is 5.70 Å². The zero-order chi connectivity index (χ0) is 26.1. The second-order valence-electron chi connectivity index (χ2n) is 8.26. The number of hydrogen-bond acceptors (Lipinski definition) is 4. The third-order valence-corrected chi connectivity index (χ3v) is 8.57. The third-order valence-electron chi connectivity index (χ3n) is 5.34. The van der Waals surface area contributed by atoms with Crippen LogP contribution >= 0.6 is 7.44 Å². The zero-order valence-electron chi connectivity index (χ0n) is 20.8. The monoisotopic (exact) mass is 503 g/mol. The second-order valence-corrected chi connectivity index (χ2v) is 11.4. The van der Waals surface area contributed by atoms with E-state index >= 15 is 0 Å². The Bertz CT molecular complexity index is 1280. The SMILES string of the molecule is CN(C)P(=O)(/C(=C(/NC(=O)c1ccccc1)C(=O)N/N=C\c1ccccc1)c1ccccc1)N(C)C. The Labute approximate surface area is 211 Å². The Balaban J connectivity index is 2.17. The van der Waals surface area contributed by atoms with E-state index in [0.717, 1.165) is 5.56 Å². The number of hydrazone groups is 1. The molecule has 0 saturated heterocycles. The van der Waals surface area contributed by atoms with Crippen molar-refractivity contribution in [3.63, 3.8) is 0 Å². The van der Waals surface area contributed by atoms with Gasteiger partial charge in [0.25, 0.3) is 11.8 Å². The summed E-state index contributed by atoms with van der Waals surface area (Å²) >= 11 is 0. The highest BCUT2D eigenvalue weighted by molar-refractivity contribution is 7.69. The van der Waals surface area contributed by atoms with Crippen LogP contribution in [0.3, 0.4) is 0 Å². The molecule has 36 heavy (non-hydrogen) atoms. The molecule has 186 valence electrons. The van der Waals surface area contributed by atoms with Crippen LogP contribution in [0.2, 0.25) is 0 Å². The molecule has 0 aliphatic carbocycles. The van der Waals surface area contributed by atoms with Gasteiger partial charge in [-0.2, -0.15) is 5.10 Å². The van der Waals surface area contributed by atoms with Crippen molar-refractivity contribution in [1.29, 1.82) is 0 Å². The van der Waals surface area contributed by atoms with Gasteiger partial charge in [-0.25, -0.2) is 14.8 Å². The smallest absolute Gasteiger partial charge is 0.288 e. The molecule has 0 spiro atoms. The van der Waals surface area contributed by atoms with E-state index in [4.69, 9.17) is 0 Å². The minimum Gasteiger partial charge on any atom is -0.317 e. The lowest BCUT2D eigenvalue weighted by molar-refractivity contribution is -0.117. The van der Waals surface area contributed by atoms with E-state index in [1.807, 2.05) is 36.4 Å². The van der Waals surface area contributed by atoms with E-state index in [-0.39, 0.29) is 11.0 Å². The van der Waals surface area contributed by atoms with Crippen molar-refractivity contribution >= 4 is 30.8 Å². The molecule has 0 heterocycles. The van der Waals surface area contributed by atoms with Gasteiger partial charge >= 0.3 is 0 Å². The van der Waals surface area contributed by atoms with Gasteiger partial charge in [0.2, 0.25) is 7.44 Å². The Morgan fingerprint density at radius 3 is 1.72 bits per heavy atom. The van der Waals surface area contributed by atoms with Gasteiger partial charge in [0, 0.05) is 5.56 Å². The molecule has 0 aromatic heterocycles. The molecule has 0 atom stereocenters. The van der Waals surface area contributed by atoms with E-state index in [0.29, 0.717) is 11.1 Å². The van der Waals surface area contributed by atoms with Crippen molar-refractivity contribution in [2.24, 2.45) is 5.10 Å². The fraction of sp³-hybridized carbons (Fsp3) is 0.148. The molecule has 2 N–H and O–H groups in total. The highest BCUT2D eigenvalue weighted by atomic mass is 31.2. The minimum absolute atomic E-state index is 0.147. The molecule has 3 aromatic carbocycles. The number of carbonyl (C=O) groups is 2. The molecule has 0 bridgehead atoms. The van der Waals surface area contributed by atoms with Crippen LogP contribution in [0.5, 0.6) is 0 Å². The molecule has 0 radical (unpaired) electrons. The van der Waals surface area contributed by atoms with E-state index in [1.165, 1.54) is 6.21 Å². The molecule has 3 aromatic rings. The van der Waals surface area contributed by atoms with Crippen molar-refractivity contribution in [3.8, 4) is 0 Å². The molecular weight excluding hydrogens is 473 g/mol. The Hall–Kier alpha value is -3.84. The summed E-state index contributed by atoms with van der Waals surface area (Å²) in [6, 6.07) is 26.7. The van der Waals surface area contributed by atoms with Crippen molar-refractivity contribution < 1.29 is 14.2 Å². The summed E-state index contributed by atoms with van der Waals surface area (Å²) < 4.78 is 17.6. The first-order valence-corrected chi connectivity index (χ1v) is 12.9. The number of rotatable bonds is 9. The van der Waals surface area contributed by atoms with Crippen molar-refractivity contribution in [3.05, 3.63) is 113 Å². The Morgan fingerprint density at radius 1 is 0.750 bits per heavy atom. The van der Waals surface area contributed by atoms with E-state index in [2.05, 4.69) is 15.8 Å². The maximum absolute atomic E-state index is 14.5. The predicted octanol–water partition coefficient (Wildman–Crippen LogP) is 4.25.